The lowest BCUT2D eigenvalue weighted by molar-refractivity contribution is 0.0987. The van der Waals surface area contributed by atoms with Crippen LogP contribution in [0.3, 0.4) is 0 Å². The largest absolute Gasteiger partial charge is 0.329 e. The normalized spacial score (nSPS) is 9.95. The first-order chi connectivity index (χ1) is 10.2. The standard InChI is InChI=1S/C16H14ClN3O/c17-13-7-6-12(11-19)15(10-13)16(21)20(9-8-18)14-4-2-1-3-5-14/h1-7,10H,8-9,18H2. The molecule has 2 N–H and O–H groups in total. The van der Waals surface area contributed by atoms with Crippen molar-refractivity contribution in [3.63, 3.8) is 0 Å². The number of hydrogen-bond acceptors (Lipinski definition) is 3. The lowest BCUT2D eigenvalue weighted by Crippen LogP contribution is -2.35. The number of amides is 1. The molecule has 0 aliphatic heterocycles. The highest BCUT2D eigenvalue weighted by molar-refractivity contribution is 6.31. The van der Waals surface area contributed by atoms with Gasteiger partial charge in [0.05, 0.1) is 17.2 Å². The summed E-state index contributed by atoms with van der Waals surface area (Å²) in [6.45, 7) is 0.684. The van der Waals surface area contributed by atoms with Gasteiger partial charge in [0.1, 0.15) is 0 Å². The molecule has 2 aromatic rings. The molecule has 2 rings (SSSR count). The zero-order valence-electron chi connectivity index (χ0n) is 11.3. The summed E-state index contributed by atoms with van der Waals surface area (Å²) in [6, 6.07) is 15.9. The van der Waals surface area contributed by atoms with E-state index in [1.165, 1.54) is 6.07 Å². The van der Waals surface area contributed by atoms with E-state index in [-0.39, 0.29) is 11.5 Å². The molecule has 0 aliphatic carbocycles. The van der Waals surface area contributed by atoms with Gasteiger partial charge in [-0.3, -0.25) is 4.79 Å². The molecule has 0 saturated heterocycles. The molecule has 4 nitrogen and oxygen atoms in total. The van der Waals surface area contributed by atoms with Crippen molar-refractivity contribution < 1.29 is 4.79 Å². The zero-order chi connectivity index (χ0) is 15.2. The van der Waals surface area contributed by atoms with Crippen molar-refractivity contribution in [3.05, 3.63) is 64.7 Å². The molecule has 1 amide bonds. The van der Waals surface area contributed by atoms with E-state index in [1.807, 2.05) is 36.4 Å². The van der Waals surface area contributed by atoms with E-state index in [2.05, 4.69) is 0 Å². The fourth-order valence-electron chi connectivity index (χ4n) is 2.02. The van der Waals surface area contributed by atoms with Crippen molar-refractivity contribution in [3.8, 4) is 6.07 Å². The van der Waals surface area contributed by atoms with Crippen LogP contribution < -0.4 is 10.6 Å². The van der Waals surface area contributed by atoms with Crippen LogP contribution >= 0.6 is 11.6 Å². The lowest BCUT2D eigenvalue weighted by Gasteiger charge is -2.22. The van der Waals surface area contributed by atoms with Crippen LogP contribution in [-0.4, -0.2) is 19.0 Å². The van der Waals surface area contributed by atoms with Crippen molar-refractivity contribution in [2.24, 2.45) is 5.73 Å². The Morgan fingerprint density at radius 1 is 1.24 bits per heavy atom. The van der Waals surface area contributed by atoms with Crippen molar-refractivity contribution >= 4 is 23.2 Å². The quantitative estimate of drug-likeness (QED) is 0.943. The summed E-state index contributed by atoms with van der Waals surface area (Å²) in [5, 5.41) is 9.57. The molecule has 0 unspecified atom stereocenters. The zero-order valence-corrected chi connectivity index (χ0v) is 12.0. The van der Waals surface area contributed by atoms with Gasteiger partial charge in [-0.05, 0) is 30.3 Å². The van der Waals surface area contributed by atoms with E-state index >= 15 is 0 Å². The van der Waals surface area contributed by atoms with Gasteiger partial charge in [-0.1, -0.05) is 29.8 Å². The minimum Gasteiger partial charge on any atom is -0.329 e. The number of halogens is 1. The first-order valence-electron chi connectivity index (χ1n) is 6.44. The Morgan fingerprint density at radius 2 is 1.95 bits per heavy atom. The van der Waals surface area contributed by atoms with Gasteiger partial charge in [-0.25, -0.2) is 0 Å². The van der Waals surface area contributed by atoms with Crippen molar-refractivity contribution in [1.29, 1.82) is 5.26 Å². The highest BCUT2D eigenvalue weighted by atomic mass is 35.5. The van der Waals surface area contributed by atoms with E-state index in [0.717, 1.165) is 5.69 Å². The van der Waals surface area contributed by atoms with E-state index in [4.69, 9.17) is 22.6 Å². The summed E-state index contributed by atoms with van der Waals surface area (Å²) in [7, 11) is 0. The summed E-state index contributed by atoms with van der Waals surface area (Å²) < 4.78 is 0. The van der Waals surface area contributed by atoms with Gasteiger partial charge >= 0.3 is 0 Å². The van der Waals surface area contributed by atoms with Gasteiger partial charge in [-0.2, -0.15) is 5.26 Å². The van der Waals surface area contributed by atoms with Crippen LogP contribution in [0.5, 0.6) is 0 Å². The highest BCUT2D eigenvalue weighted by Crippen LogP contribution is 2.21. The van der Waals surface area contributed by atoms with Crippen LogP contribution in [-0.2, 0) is 0 Å². The summed E-state index contributed by atoms with van der Waals surface area (Å²) in [6.07, 6.45) is 0. The Kier molecular flexibility index (Phi) is 4.94. The van der Waals surface area contributed by atoms with Gasteiger partial charge in [0.15, 0.2) is 0 Å². The summed E-state index contributed by atoms with van der Waals surface area (Å²) in [4.78, 5) is 14.3. The minimum absolute atomic E-state index is 0.280. The van der Waals surface area contributed by atoms with Gasteiger partial charge in [-0.15, -0.1) is 0 Å². The fourth-order valence-corrected chi connectivity index (χ4v) is 2.19. The first-order valence-corrected chi connectivity index (χ1v) is 6.82. The van der Waals surface area contributed by atoms with Crippen LogP contribution in [0.1, 0.15) is 15.9 Å². The highest BCUT2D eigenvalue weighted by Gasteiger charge is 2.20. The van der Waals surface area contributed by atoms with Crippen molar-refractivity contribution in [1.82, 2.24) is 0 Å². The maximum atomic E-state index is 12.7. The molecule has 106 valence electrons. The molecule has 0 saturated carbocycles. The van der Waals surface area contributed by atoms with Crippen LogP contribution in [0.25, 0.3) is 0 Å². The number of nitrogens with two attached hydrogens (primary N) is 1. The predicted molar refractivity (Wildman–Crippen MR) is 83.3 cm³/mol. The predicted octanol–water partition coefficient (Wildman–Crippen LogP) is 2.82. The Morgan fingerprint density at radius 3 is 2.57 bits per heavy atom. The number of para-hydroxylation sites is 1. The van der Waals surface area contributed by atoms with Gasteiger partial charge < -0.3 is 10.6 Å². The number of hydrogen-bond donors (Lipinski definition) is 1. The molecule has 0 bridgehead atoms. The maximum absolute atomic E-state index is 12.7. The molecule has 2 aromatic carbocycles. The second-order valence-electron chi connectivity index (χ2n) is 4.38. The Balaban J connectivity index is 2.45. The molecule has 0 atom stereocenters. The molecule has 0 radical (unpaired) electrons. The average molecular weight is 300 g/mol. The number of benzene rings is 2. The molecule has 5 heteroatoms. The second kappa shape index (κ2) is 6.89. The topological polar surface area (TPSA) is 70.1 Å². The van der Waals surface area contributed by atoms with E-state index in [9.17, 15) is 4.79 Å². The molecule has 0 aromatic heterocycles. The molecule has 0 spiro atoms. The summed E-state index contributed by atoms with van der Waals surface area (Å²) >= 11 is 5.94. The molecular weight excluding hydrogens is 286 g/mol. The van der Waals surface area contributed by atoms with Crippen LogP contribution in [0.15, 0.2) is 48.5 Å². The number of carbonyl (C=O) groups excluding carboxylic acids is 1. The van der Waals surface area contributed by atoms with Crippen molar-refractivity contribution in [2.45, 2.75) is 0 Å². The molecule has 21 heavy (non-hydrogen) atoms. The number of nitrogens with zero attached hydrogens (tertiary/aromatic N) is 2. The number of nitriles is 1. The lowest BCUT2D eigenvalue weighted by atomic mass is 10.1. The van der Waals surface area contributed by atoms with Crippen LogP contribution in [0, 0.1) is 11.3 Å². The Labute approximate surface area is 128 Å². The Bertz CT molecular complexity index is 680. The summed E-state index contributed by atoms with van der Waals surface area (Å²) in [5.41, 5.74) is 6.91. The maximum Gasteiger partial charge on any atom is 0.259 e. The van der Waals surface area contributed by atoms with Gasteiger partial charge in [0.2, 0.25) is 0 Å². The Hall–Kier alpha value is -2.35. The SMILES string of the molecule is N#Cc1ccc(Cl)cc1C(=O)N(CCN)c1ccccc1. The van der Waals surface area contributed by atoms with Crippen molar-refractivity contribution in [2.75, 3.05) is 18.0 Å². The minimum atomic E-state index is -0.286. The van der Waals surface area contributed by atoms with E-state index in [0.29, 0.717) is 23.7 Å². The van der Waals surface area contributed by atoms with Crippen LogP contribution in [0.2, 0.25) is 5.02 Å². The average Bonchev–Trinajstić information content (AvgIpc) is 2.52. The monoisotopic (exact) mass is 299 g/mol. The third-order valence-electron chi connectivity index (χ3n) is 3.00. The molecule has 0 heterocycles. The third kappa shape index (κ3) is 3.40. The first kappa shape index (κ1) is 15.0. The van der Waals surface area contributed by atoms with Crippen LogP contribution in [0.4, 0.5) is 5.69 Å². The van der Waals surface area contributed by atoms with Gasteiger partial charge in [0.25, 0.3) is 5.91 Å². The second-order valence-corrected chi connectivity index (χ2v) is 4.82. The van der Waals surface area contributed by atoms with E-state index < -0.39 is 0 Å². The molecule has 0 aliphatic rings. The smallest absolute Gasteiger partial charge is 0.259 e. The van der Waals surface area contributed by atoms with Gasteiger partial charge in [0, 0.05) is 23.8 Å². The molecular formula is C16H14ClN3O. The number of carbonyl (C=O) groups is 1. The fraction of sp³-hybridized carbons (Fsp3) is 0.125. The number of rotatable bonds is 4. The number of anilines is 1. The van der Waals surface area contributed by atoms with E-state index in [1.54, 1.807) is 17.0 Å². The molecule has 0 fully saturated rings. The third-order valence-corrected chi connectivity index (χ3v) is 3.23. The summed E-state index contributed by atoms with van der Waals surface area (Å²) in [5.74, 6) is -0.286.